The van der Waals surface area contributed by atoms with E-state index in [9.17, 15) is 0 Å². The Morgan fingerprint density at radius 2 is 0.978 bits per heavy atom. The third kappa shape index (κ3) is 16.3. The topological polar surface area (TPSA) is 0 Å². The molecule has 0 aromatic heterocycles. The fourth-order valence-corrected chi connectivity index (χ4v) is 5.36. The number of rotatable bonds is 8. The van der Waals surface area contributed by atoms with Crippen molar-refractivity contribution in [3.05, 3.63) is 119 Å². The molecular formula is C45H66. The first kappa shape index (κ1) is 38.3. The highest BCUT2D eigenvalue weighted by Gasteiger charge is 2.15. The minimum Gasteiger partial charge on any atom is -0.0622 e. The molecule has 0 aliphatic carbocycles. The van der Waals surface area contributed by atoms with Crippen LogP contribution in [0.5, 0.6) is 0 Å². The molecule has 45 heavy (non-hydrogen) atoms. The van der Waals surface area contributed by atoms with Gasteiger partial charge >= 0.3 is 0 Å². The SMILES string of the molecule is CC(CCC(C)(C)C)c1cccc2ccccc12.CC(CCC(C)(C)C)c1ccccc1.Cc1ccc(CCC(C)(C)C)cc1. The summed E-state index contributed by atoms with van der Waals surface area (Å²) in [6, 6.07) is 35.0. The Morgan fingerprint density at radius 3 is 1.53 bits per heavy atom. The third-order valence-electron chi connectivity index (χ3n) is 8.66. The molecule has 0 radical (unpaired) electrons. The molecule has 0 heteroatoms. The van der Waals surface area contributed by atoms with E-state index >= 15 is 0 Å². The molecule has 0 spiro atoms. The molecule has 0 heterocycles. The molecule has 4 rings (SSSR count). The molecule has 0 aliphatic rings. The maximum atomic E-state index is 2.35. The van der Waals surface area contributed by atoms with Crippen molar-refractivity contribution >= 4 is 10.8 Å². The average molecular weight is 607 g/mol. The lowest BCUT2D eigenvalue weighted by molar-refractivity contribution is 0.352. The van der Waals surface area contributed by atoms with Crippen molar-refractivity contribution in [2.45, 2.75) is 133 Å². The number of fused-ring (bicyclic) bond motifs is 1. The molecule has 0 aliphatic heterocycles. The minimum absolute atomic E-state index is 0.429. The van der Waals surface area contributed by atoms with Gasteiger partial charge in [-0.15, -0.1) is 0 Å². The summed E-state index contributed by atoms with van der Waals surface area (Å²) in [5.41, 5.74) is 7.11. The van der Waals surface area contributed by atoms with Gasteiger partial charge in [0.25, 0.3) is 0 Å². The van der Waals surface area contributed by atoms with Gasteiger partial charge in [0.2, 0.25) is 0 Å². The molecule has 0 N–H and O–H groups in total. The van der Waals surface area contributed by atoms with Crippen LogP contribution < -0.4 is 0 Å². The molecule has 0 fully saturated rings. The van der Waals surface area contributed by atoms with Gasteiger partial charge in [-0.1, -0.05) is 179 Å². The molecule has 0 saturated carbocycles. The monoisotopic (exact) mass is 607 g/mol. The van der Waals surface area contributed by atoms with Gasteiger partial charge in [0, 0.05) is 0 Å². The zero-order valence-corrected chi connectivity index (χ0v) is 31.1. The highest BCUT2D eigenvalue weighted by atomic mass is 14.2. The van der Waals surface area contributed by atoms with Crippen LogP contribution in [0, 0.1) is 23.2 Å². The van der Waals surface area contributed by atoms with E-state index in [4.69, 9.17) is 0 Å². The van der Waals surface area contributed by atoms with Gasteiger partial charge in [-0.3, -0.25) is 0 Å². The second kappa shape index (κ2) is 17.7. The second-order valence-corrected chi connectivity index (χ2v) is 17.0. The van der Waals surface area contributed by atoms with E-state index in [1.54, 1.807) is 0 Å². The van der Waals surface area contributed by atoms with E-state index < -0.39 is 0 Å². The Labute approximate surface area is 279 Å². The zero-order chi connectivity index (χ0) is 33.7. The van der Waals surface area contributed by atoms with E-state index in [1.165, 1.54) is 71.6 Å². The van der Waals surface area contributed by atoms with Crippen LogP contribution in [0.2, 0.25) is 0 Å². The lowest BCUT2D eigenvalue weighted by atomic mass is 9.84. The Kier molecular flexibility index (Phi) is 15.1. The van der Waals surface area contributed by atoms with Crippen LogP contribution in [-0.4, -0.2) is 0 Å². The summed E-state index contributed by atoms with van der Waals surface area (Å²) in [5, 5.41) is 2.78. The lowest BCUT2D eigenvalue weighted by Crippen LogP contribution is -2.07. The maximum absolute atomic E-state index is 2.35. The molecule has 0 bridgehead atoms. The third-order valence-corrected chi connectivity index (χ3v) is 8.66. The first-order chi connectivity index (χ1) is 20.9. The molecule has 4 aromatic carbocycles. The smallest absolute Gasteiger partial charge is 0.0149 e. The molecule has 246 valence electrons. The van der Waals surface area contributed by atoms with Crippen molar-refractivity contribution < 1.29 is 0 Å². The van der Waals surface area contributed by atoms with Gasteiger partial charge in [-0.2, -0.15) is 0 Å². The van der Waals surface area contributed by atoms with Gasteiger partial charge in [-0.05, 0) is 101 Å². The van der Waals surface area contributed by atoms with Gasteiger partial charge < -0.3 is 0 Å². The Bertz CT molecular complexity index is 1350. The van der Waals surface area contributed by atoms with Crippen molar-refractivity contribution in [2.24, 2.45) is 16.2 Å². The quantitative estimate of drug-likeness (QED) is 0.187. The summed E-state index contributed by atoms with van der Waals surface area (Å²) < 4.78 is 0. The Morgan fingerprint density at radius 1 is 0.489 bits per heavy atom. The van der Waals surface area contributed by atoms with Gasteiger partial charge in [0.05, 0.1) is 0 Å². The van der Waals surface area contributed by atoms with Crippen molar-refractivity contribution in [1.29, 1.82) is 0 Å². The highest BCUT2D eigenvalue weighted by molar-refractivity contribution is 5.86. The van der Waals surface area contributed by atoms with Crippen LogP contribution in [-0.2, 0) is 6.42 Å². The summed E-state index contributed by atoms with van der Waals surface area (Å²) >= 11 is 0. The second-order valence-electron chi connectivity index (χ2n) is 17.0. The van der Waals surface area contributed by atoms with Gasteiger partial charge in [0.1, 0.15) is 0 Å². The maximum Gasteiger partial charge on any atom is -0.0149 e. The molecular weight excluding hydrogens is 540 g/mol. The molecule has 0 amide bonds. The van der Waals surface area contributed by atoms with E-state index in [0.29, 0.717) is 28.1 Å². The van der Waals surface area contributed by atoms with E-state index in [2.05, 4.69) is 180 Å². The van der Waals surface area contributed by atoms with E-state index in [0.717, 1.165) is 0 Å². The van der Waals surface area contributed by atoms with Crippen LogP contribution in [0.25, 0.3) is 10.8 Å². The average Bonchev–Trinajstić information content (AvgIpc) is 2.98. The molecule has 2 unspecified atom stereocenters. The highest BCUT2D eigenvalue weighted by Crippen LogP contribution is 2.32. The number of benzene rings is 4. The van der Waals surface area contributed by atoms with Gasteiger partial charge in [-0.25, -0.2) is 0 Å². The summed E-state index contributed by atoms with van der Waals surface area (Å²) in [5.74, 6) is 1.32. The Balaban J connectivity index is 0.000000239. The van der Waals surface area contributed by atoms with Crippen molar-refractivity contribution in [3.8, 4) is 0 Å². The van der Waals surface area contributed by atoms with E-state index in [1.807, 2.05) is 0 Å². The number of hydrogen-bond donors (Lipinski definition) is 0. The predicted molar refractivity (Wildman–Crippen MR) is 204 cm³/mol. The number of hydrogen-bond acceptors (Lipinski definition) is 0. The summed E-state index contributed by atoms with van der Waals surface area (Å²) in [6.45, 7) is 27.6. The van der Waals surface area contributed by atoms with Crippen LogP contribution in [0.15, 0.2) is 97.1 Å². The van der Waals surface area contributed by atoms with Crippen LogP contribution in [0.4, 0.5) is 0 Å². The lowest BCUT2D eigenvalue weighted by Gasteiger charge is -2.22. The summed E-state index contributed by atoms with van der Waals surface area (Å²) in [4.78, 5) is 0. The fourth-order valence-electron chi connectivity index (χ4n) is 5.36. The first-order valence-corrected chi connectivity index (χ1v) is 17.5. The Hall–Kier alpha value is -2.86. The van der Waals surface area contributed by atoms with Crippen LogP contribution >= 0.6 is 0 Å². The van der Waals surface area contributed by atoms with Crippen LogP contribution in [0.1, 0.15) is 142 Å². The molecule has 2 atom stereocenters. The first-order valence-electron chi connectivity index (χ1n) is 17.5. The summed E-state index contributed by atoms with van der Waals surface area (Å²) in [6.07, 6.45) is 7.57. The standard InChI is InChI=1S/C18H24.C14H22.C13H20/c1-14(12-13-18(2,3)4)16-11-7-9-15-8-5-6-10-17(15)16;1-12(10-11-14(2,3)4)13-8-6-5-7-9-13;1-11-5-7-12(8-6-11)9-10-13(2,3)4/h5-11,14H,12-13H2,1-4H3;5-9,12H,10-11H2,1-4H3;5-8H,9-10H2,1-4H3. The van der Waals surface area contributed by atoms with E-state index in [-0.39, 0.29) is 0 Å². The fraction of sp³-hybridized carbons (Fsp3) is 0.511. The van der Waals surface area contributed by atoms with Crippen molar-refractivity contribution in [1.82, 2.24) is 0 Å². The largest absolute Gasteiger partial charge is 0.0622 e. The number of aryl methyl sites for hydroxylation is 2. The molecule has 0 nitrogen and oxygen atoms in total. The van der Waals surface area contributed by atoms with Gasteiger partial charge in [0.15, 0.2) is 0 Å². The van der Waals surface area contributed by atoms with Crippen molar-refractivity contribution in [3.63, 3.8) is 0 Å². The van der Waals surface area contributed by atoms with Crippen LogP contribution in [0.3, 0.4) is 0 Å². The molecule has 4 aromatic rings. The summed E-state index contributed by atoms with van der Waals surface area (Å²) in [7, 11) is 0. The normalized spacial score (nSPS) is 13.2. The zero-order valence-electron chi connectivity index (χ0n) is 31.1. The van der Waals surface area contributed by atoms with Crippen molar-refractivity contribution in [2.75, 3.05) is 0 Å². The predicted octanol–water partition coefficient (Wildman–Crippen LogP) is 14.4. The minimum atomic E-state index is 0.429. The molecule has 0 saturated heterocycles.